The third-order valence-corrected chi connectivity index (χ3v) is 16.8. The van der Waals surface area contributed by atoms with Crippen LogP contribution in [-0.2, 0) is 62.3 Å². The highest BCUT2D eigenvalue weighted by Crippen LogP contribution is 2.26. The molecule has 0 unspecified atom stereocenters. The molecule has 0 spiro atoms. The summed E-state index contributed by atoms with van der Waals surface area (Å²) < 4.78 is 6.15. The number of allylic oxidation sites excluding steroid dienone is 2. The fraction of sp³-hybridized carbons (Fsp3) is 0.785. The Labute approximate surface area is 543 Å². The van der Waals surface area contributed by atoms with Crippen LogP contribution in [0.1, 0.15) is 156 Å². The topological polar surface area (TPSA) is 310 Å². The lowest BCUT2D eigenvalue weighted by Gasteiger charge is -2.41. The van der Waals surface area contributed by atoms with E-state index >= 15 is 9.59 Å². The van der Waals surface area contributed by atoms with Crippen molar-refractivity contribution in [3.05, 3.63) is 12.2 Å². The molecule has 26 heteroatoms. The summed E-state index contributed by atoms with van der Waals surface area (Å²) in [6.45, 7) is 27.0. The Morgan fingerprint density at radius 1 is 0.549 bits per heavy atom. The number of carbonyl (C=O) groups is 11. The molecule has 0 aromatic heterocycles. The number of rotatable bonds is 20. The fourth-order valence-corrected chi connectivity index (χ4v) is 11.1. The number of likely N-dealkylation sites (N-methyl/N-ethyl adjacent to an activating group) is 7. The lowest BCUT2D eigenvalue weighted by molar-refractivity contribution is -0.157. The monoisotopic (exact) mass is 1290 g/mol. The molecule has 1 rings (SSSR count). The first-order chi connectivity index (χ1) is 42.3. The van der Waals surface area contributed by atoms with Crippen molar-refractivity contribution in [2.75, 3.05) is 69.6 Å². The van der Waals surface area contributed by atoms with E-state index in [9.17, 15) is 48.3 Å². The molecule has 0 aliphatic carbocycles. The predicted molar refractivity (Wildman–Crippen MR) is 349 cm³/mol. The van der Waals surface area contributed by atoms with Crippen molar-refractivity contribution in [2.24, 2.45) is 40.7 Å². The van der Waals surface area contributed by atoms with Crippen LogP contribution in [0.4, 0.5) is 0 Å². The molecule has 5 N–H and O–H groups in total. The van der Waals surface area contributed by atoms with Crippen LogP contribution < -0.4 is 21.3 Å². The van der Waals surface area contributed by atoms with Gasteiger partial charge in [-0.2, -0.15) is 0 Å². The third kappa shape index (κ3) is 24.1. The van der Waals surface area contributed by atoms with Crippen molar-refractivity contribution in [3.63, 3.8) is 0 Å². The van der Waals surface area contributed by atoms with Crippen LogP contribution in [-0.4, -0.2) is 253 Å². The highest BCUT2D eigenvalue weighted by atomic mass is 16.6. The molecule has 0 radical (unpaired) electrons. The van der Waals surface area contributed by atoms with Crippen molar-refractivity contribution < 1.29 is 67.4 Å². The molecule has 26 nitrogen and oxygen atoms in total. The number of ether oxygens (including phenoxy) is 1. The number of hydrogen-bond donors (Lipinski definition) is 5. The van der Waals surface area contributed by atoms with Gasteiger partial charge in [0, 0.05) is 62.2 Å². The normalized spacial score (nSPS) is 26.3. The van der Waals surface area contributed by atoms with Crippen LogP contribution in [0.15, 0.2) is 17.3 Å². The molecular formula is C65H116N12O14. The quantitative estimate of drug-likeness (QED) is 0.0507. The van der Waals surface area contributed by atoms with Crippen molar-refractivity contribution in [1.82, 2.24) is 55.6 Å². The van der Waals surface area contributed by atoms with Crippen LogP contribution in [0.3, 0.4) is 0 Å². The zero-order valence-electron chi connectivity index (χ0n) is 59.3. The smallest absolute Gasteiger partial charge is 0.246 e. The highest BCUT2D eigenvalue weighted by molar-refractivity contribution is 5.99. The first-order valence-electron chi connectivity index (χ1n) is 32.3. The Kier molecular flexibility index (Phi) is 35.3. The van der Waals surface area contributed by atoms with E-state index in [2.05, 4.69) is 26.4 Å². The Morgan fingerprint density at radius 3 is 1.53 bits per heavy atom. The van der Waals surface area contributed by atoms with Crippen molar-refractivity contribution >= 4 is 71.2 Å². The summed E-state index contributed by atoms with van der Waals surface area (Å²) in [7, 11) is 11.2. The average molecular weight is 1290 g/mol. The Morgan fingerprint density at radius 2 is 1.03 bits per heavy atom. The zero-order chi connectivity index (χ0) is 70.2. The highest BCUT2D eigenvalue weighted by Gasteiger charge is 2.46. The lowest BCUT2D eigenvalue weighted by atomic mass is 9.91. The Hall–Kier alpha value is -6.70. The van der Waals surface area contributed by atoms with Crippen LogP contribution in [0.2, 0.25) is 0 Å². The number of nitrogens with one attached hydrogen (secondary N) is 4. The summed E-state index contributed by atoms with van der Waals surface area (Å²) in [6.07, 6.45) is 4.15. The van der Waals surface area contributed by atoms with Gasteiger partial charge in [0.1, 0.15) is 67.5 Å². The van der Waals surface area contributed by atoms with Crippen LogP contribution in [0.25, 0.3) is 0 Å². The summed E-state index contributed by atoms with van der Waals surface area (Å²) >= 11 is 0. The van der Waals surface area contributed by atoms with Gasteiger partial charge in [-0.3, -0.25) is 52.7 Å². The van der Waals surface area contributed by atoms with Crippen molar-refractivity contribution in [2.45, 2.75) is 228 Å². The van der Waals surface area contributed by atoms with Gasteiger partial charge in [-0.1, -0.05) is 100 Å². The molecule has 520 valence electrons. The van der Waals surface area contributed by atoms with Gasteiger partial charge in [0.2, 0.25) is 65.0 Å². The largest absolute Gasteiger partial charge is 0.399 e. The molecule has 91 heavy (non-hydrogen) atoms. The minimum Gasteiger partial charge on any atom is -0.399 e. The second kappa shape index (κ2) is 39.0. The number of aliphatic hydroxyl groups is 1. The predicted octanol–water partition coefficient (Wildman–Crippen LogP) is 3.04. The Bertz CT molecular complexity index is 2490. The zero-order valence-corrected chi connectivity index (χ0v) is 59.3. The molecule has 0 aromatic rings. The molecule has 1 saturated heterocycles. The van der Waals surface area contributed by atoms with Gasteiger partial charge >= 0.3 is 0 Å². The molecular weight excluding hydrogens is 1170 g/mol. The maximum absolute atomic E-state index is 15.2. The van der Waals surface area contributed by atoms with E-state index < -0.39 is 162 Å². The minimum absolute atomic E-state index is 0.0122. The summed E-state index contributed by atoms with van der Waals surface area (Å²) in [5.74, 6) is -10.2. The maximum atomic E-state index is 15.2. The van der Waals surface area contributed by atoms with Gasteiger partial charge in [0.15, 0.2) is 0 Å². The van der Waals surface area contributed by atoms with Crippen LogP contribution >= 0.6 is 0 Å². The van der Waals surface area contributed by atoms with E-state index in [0.717, 1.165) is 14.7 Å². The molecule has 1 heterocycles. The van der Waals surface area contributed by atoms with E-state index in [1.165, 1.54) is 89.9 Å². The minimum atomic E-state index is -1.64. The molecule has 0 aromatic carbocycles. The van der Waals surface area contributed by atoms with E-state index in [0.29, 0.717) is 19.3 Å². The number of unbranched alkanes of at least 4 members (excludes halogenated alkanes) is 1. The van der Waals surface area contributed by atoms with E-state index in [1.54, 1.807) is 73.8 Å². The standard InChI is InChI=1S/C65H116N12O14/c1-25-27-30-42(13)55(79)54-59(83)69-46(26-2)61(85)71(17)36-50(78)75(21)53(45(16)91-32-29-28-31-66-90-24)58(82)70-51(40(9)10)64(88)72(18)47(33-37(3)4)57(81)67-43(14)56(80)68-44(15)60(84)73(19)48(34-38(5)6)62(86)74(20)49(35-39(7)8)63(87)76(22)52(41(11)12)65(89)77(54)23/h25,27,31,37-49,51-55,79H,26,28-30,32-36H2,1-24H3,(H,67,81)(H,68,80)(H,69,83)(H,70,82)/t42-,43+,44-,45-,46+,47+,48+,49+,51+,52+,53+,54+,55-/m1/s1. The molecule has 1 fully saturated rings. The average Bonchev–Trinajstić information content (AvgIpc) is 0.949. The molecule has 13 atom stereocenters. The van der Waals surface area contributed by atoms with Gasteiger partial charge in [0.05, 0.1) is 18.8 Å². The van der Waals surface area contributed by atoms with E-state index in [4.69, 9.17) is 9.57 Å². The fourth-order valence-electron chi connectivity index (χ4n) is 11.1. The van der Waals surface area contributed by atoms with E-state index in [1.807, 2.05) is 41.5 Å². The van der Waals surface area contributed by atoms with Gasteiger partial charge < -0.3 is 70.2 Å². The van der Waals surface area contributed by atoms with Crippen LogP contribution in [0.5, 0.6) is 0 Å². The summed E-state index contributed by atoms with van der Waals surface area (Å²) in [5.41, 5.74) is 0. The van der Waals surface area contributed by atoms with Crippen LogP contribution in [0, 0.1) is 35.5 Å². The number of amides is 11. The number of oxime groups is 1. The molecule has 1 aliphatic rings. The third-order valence-electron chi connectivity index (χ3n) is 16.8. The Balaban J connectivity index is 4.39. The maximum Gasteiger partial charge on any atom is 0.246 e. The first kappa shape index (κ1) is 82.3. The van der Waals surface area contributed by atoms with Crippen molar-refractivity contribution in [1.29, 1.82) is 0 Å². The number of nitrogens with zero attached hydrogens (tertiary/aromatic N) is 8. The first-order valence-corrected chi connectivity index (χ1v) is 32.3. The SMILES string of the molecule is CC=CC[C@@H](C)[C@@H](O)[C@H]1C(=O)N[C@@H](CC)C(=O)N(C)CC(=O)N(C)[C@@H]([C@@H](C)OCCCC=NOC)C(=O)N[C@@H](C(C)C)C(=O)N(C)[C@@H](CC(C)C)C(=O)N[C@@H](C)C(=O)N[C@H](C)C(=O)N(C)[C@@H](CC(C)C)C(=O)N(C)[C@@H](CC(C)C)C(=O)N(C)[C@@H](C(C)C)C(=O)N1C. The molecule has 1 aliphatic heterocycles. The second-order valence-electron chi connectivity index (χ2n) is 26.6. The van der Waals surface area contributed by atoms with Gasteiger partial charge in [-0.05, 0) is 108 Å². The number of aliphatic hydroxyl groups excluding tert-OH is 1. The van der Waals surface area contributed by atoms with Gasteiger partial charge in [0.25, 0.3) is 0 Å². The van der Waals surface area contributed by atoms with Gasteiger partial charge in [-0.25, -0.2) is 0 Å². The lowest BCUT2D eigenvalue weighted by Crippen LogP contribution is -2.63. The summed E-state index contributed by atoms with van der Waals surface area (Å²) in [5, 5.41) is 26.8. The summed E-state index contributed by atoms with van der Waals surface area (Å²) in [4.78, 5) is 175. The van der Waals surface area contributed by atoms with E-state index in [-0.39, 0.29) is 50.0 Å². The second-order valence-corrected chi connectivity index (χ2v) is 26.6. The van der Waals surface area contributed by atoms with Gasteiger partial charge in [-0.15, -0.1) is 0 Å². The number of carbonyl (C=O) groups excluding carboxylic acids is 11. The number of hydrogen-bond acceptors (Lipinski definition) is 15. The van der Waals surface area contributed by atoms with Crippen molar-refractivity contribution in [3.8, 4) is 0 Å². The molecule has 11 amide bonds. The molecule has 0 bridgehead atoms. The summed E-state index contributed by atoms with van der Waals surface area (Å²) in [6, 6.07) is -12.9. The molecule has 0 saturated carbocycles.